The largest absolute Gasteiger partial charge is 0.380 e. The van der Waals surface area contributed by atoms with E-state index < -0.39 is 5.60 Å². The van der Waals surface area contributed by atoms with E-state index in [0.717, 1.165) is 0 Å². The average molecular weight is 154 g/mol. The number of carbonyl (C=O) groups excluding carboxylic acids is 1. The smallest absolute Gasteiger partial charge is 0.161 e. The summed E-state index contributed by atoms with van der Waals surface area (Å²) < 4.78 is 0. The lowest BCUT2D eigenvalue weighted by Gasteiger charge is -2.23. The van der Waals surface area contributed by atoms with Gasteiger partial charge in [-0.25, -0.2) is 0 Å². The van der Waals surface area contributed by atoms with Crippen molar-refractivity contribution in [3.8, 4) is 0 Å². The molecule has 0 aromatic heterocycles. The molecule has 1 unspecified atom stereocenters. The highest BCUT2D eigenvalue weighted by Crippen LogP contribution is 2.16. The number of hydrogen-bond donors (Lipinski definition) is 2. The molecule has 0 amide bonds. The van der Waals surface area contributed by atoms with Gasteiger partial charge >= 0.3 is 0 Å². The van der Waals surface area contributed by atoms with Crippen LogP contribution in [-0.2, 0) is 4.79 Å². The molecule has 0 saturated heterocycles. The number of rotatable bonds is 0. The third-order valence-corrected chi connectivity index (χ3v) is 1.68. The molecule has 11 heavy (non-hydrogen) atoms. The molecular weight excluding hydrogens is 144 g/mol. The minimum absolute atomic E-state index is 0.0827. The van der Waals surface area contributed by atoms with Crippen molar-refractivity contribution < 1.29 is 9.90 Å². The van der Waals surface area contributed by atoms with Gasteiger partial charge in [0.2, 0.25) is 0 Å². The van der Waals surface area contributed by atoms with Crippen molar-refractivity contribution in [2.45, 2.75) is 18.9 Å². The molecule has 4 nitrogen and oxygen atoms in total. The molecule has 1 atom stereocenters. The molecular formula is C7H10N2O2. The normalized spacial score (nSPS) is 34.7. The lowest BCUT2D eigenvalue weighted by Crippen LogP contribution is -2.38. The molecule has 0 spiro atoms. The summed E-state index contributed by atoms with van der Waals surface area (Å²) >= 11 is 0. The number of ketones is 1. The third kappa shape index (κ3) is 1.46. The Morgan fingerprint density at radius 1 is 1.82 bits per heavy atom. The van der Waals surface area contributed by atoms with E-state index in [0.29, 0.717) is 5.71 Å². The van der Waals surface area contributed by atoms with E-state index >= 15 is 0 Å². The Labute approximate surface area is 64.4 Å². The molecule has 0 radical (unpaired) electrons. The number of aliphatic hydroxyl groups is 1. The molecule has 1 aliphatic rings. The first-order valence-corrected chi connectivity index (χ1v) is 3.28. The van der Waals surface area contributed by atoms with Crippen LogP contribution in [0.2, 0.25) is 0 Å². The van der Waals surface area contributed by atoms with E-state index in [1.54, 1.807) is 6.92 Å². The lowest BCUT2D eigenvalue weighted by molar-refractivity contribution is -0.114. The van der Waals surface area contributed by atoms with Crippen molar-refractivity contribution in [2.24, 2.45) is 10.9 Å². The number of nitrogens with two attached hydrogens (primary N) is 1. The molecule has 1 aliphatic carbocycles. The van der Waals surface area contributed by atoms with Gasteiger partial charge < -0.3 is 10.9 Å². The van der Waals surface area contributed by atoms with Crippen molar-refractivity contribution >= 4 is 11.5 Å². The van der Waals surface area contributed by atoms with Gasteiger partial charge in [0.15, 0.2) is 5.78 Å². The molecule has 0 fully saturated rings. The van der Waals surface area contributed by atoms with Crippen molar-refractivity contribution in [1.82, 2.24) is 0 Å². The zero-order chi connectivity index (χ0) is 8.48. The fourth-order valence-electron chi connectivity index (χ4n) is 0.931. The maximum Gasteiger partial charge on any atom is 0.161 e. The van der Waals surface area contributed by atoms with E-state index in [1.807, 2.05) is 0 Å². The third-order valence-electron chi connectivity index (χ3n) is 1.68. The zero-order valence-corrected chi connectivity index (χ0v) is 6.24. The molecule has 0 saturated carbocycles. The van der Waals surface area contributed by atoms with Crippen molar-refractivity contribution in [2.75, 3.05) is 0 Å². The van der Waals surface area contributed by atoms with E-state index in [-0.39, 0.29) is 12.2 Å². The minimum Gasteiger partial charge on any atom is -0.380 e. The summed E-state index contributed by atoms with van der Waals surface area (Å²) in [5.41, 5.74) is -0.840. The Kier molecular flexibility index (Phi) is 1.78. The van der Waals surface area contributed by atoms with Crippen LogP contribution < -0.4 is 5.84 Å². The van der Waals surface area contributed by atoms with Crippen molar-refractivity contribution in [3.05, 3.63) is 12.2 Å². The highest BCUT2D eigenvalue weighted by atomic mass is 16.3. The van der Waals surface area contributed by atoms with Crippen LogP contribution in [0.5, 0.6) is 0 Å². The highest BCUT2D eigenvalue weighted by Gasteiger charge is 2.29. The van der Waals surface area contributed by atoms with Gasteiger partial charge in [-0.1, -0.05) is 0 Å². The standard InChI is InChI=1S/C7H10N2O2/c1-7(11)3-2-5(10)4-6(7)9-8/h2-3,11H,4,8H2,1H3. The molecule has 0 bridgehead atoms. The molecule has 4 heteroatoms. The Balaban J connectivity index is 2.99. The van der Waals surface area contributed by atoms with Crippen LogP contribution in [0.25, 0.3) is 0 Å². The van der Waals surface area contributed by atoms with Crippen molar-refractivity contribution in [1.29, 1.82) is 0 Å². The number of carbonyl (C=O) groups is 1. The van der Waals surface area contributed by atoms with Gasteiger partial charge in [0.25, 0.3) is 0 Å². The summed E-state index contributed by atoms with van der Waals surface area (Å²) in [4.78, 5) is 10.8. The highest BCUT2D eigenvalue weighted by molar-refractivity contribution is 6.13. The van der Waals surface area contributed by atoms with Gasteiger partial charge in [-0.2, -0.15) is 5.10 Å². The molecule has 3 N–H and O–H groups in total. The van der Waals surface area contributed by atoms with Gasteiger partial charge in [-0.05, 0) is 19.1 Å². The summed E-state index contributed by atoms with van der Waals surface area (Å²) in [6.07, 6.45) is 2.85. The topological polar surface area (TPSA) is 75.7 Å². The quantitative estimate of drug-likeness (QED) is 0.367. The summed E-state index contributed by atoms with van der Waals surface area (Å²) in [6.45, 7) is 1.54. The van der Waals surface area contributed by atoms with Gasteiger partial charge in [0.05, 0.1) is 12.1 Å². The van der Waals surface area contributed by atoms with Gasteiger partial charge in [0.1, 0.15) is 5.60 Å². The summed E-state index contributed by atoms with van der Waals surface area (Å²) in [6, 6.07) is 0. The van der Waals surface area contributed by atoms with E-state index in [2.05, 4.69) is 5.10 Å². The number of nitrogens with zero attached hydrogens (tertiary/aromatic N) is 1. The molecule has 0 aromatic carbocycles. The van der Waals surface area contributed by atoms with Crippen LogP contribution in [0.15, 0.2) is 17.3 Å². The Hall–Kier alpha value is -1.16. The van der Waals surface area contributed by atoms with Crippen LogP contribution in [0, 0.1) is 0 Å². The lowest BCUT2D eigenvalue weighted by atomic mass is 9.90. The Morgan fingerprint density at radius 3 is 2.91 bits per heavy atom. The summed E-state index contributed by atoms with van der Waals surface area (Å²) in [7, 11) is 0. The Bertz CT molecular complexity index is 241. The second-order valence-corrected chi connectivity index (χ2v) is 2.70. The van der Waals surface area contributed by atoms with Gasteiger partial charge in [-0.3, -0.25) is 4.79 Å². The predicted molar refractivity (Wildman–Crippen MR) is 41.0 cm³/mol. The molecule has 0 aliphatic heterocycles. The molecule has 60 valence electrons. The van der Waals surface area contributed by atoms with Crippen LogP contribution in [0.4, 0.5) is 0 Å². The minimum atomic E-state index is -1.15. The zero-order valence-electron chi connectivity index (χ0n) is 6.24. The fraction of sp³-hybridized carbons (Fsp3) is 0.429. The summed E-state index contributed by atoms with van der Waals surface area (Å²) in [5, 5.41) is 12.8. The second-order valence-electron chi connectivity index (χ2n) is 2.70. The molecule has 1 rings (SSSR count). The van der Waals surface area contributed by atoms with E-state index in [1.165, 1.54) is 12.2 Å². The number of hydrogen-bond acceptors (Lipinski definition) is 4. The summed E-state index contributed by atoms with van der Waals surface area (Å²) in [5.74, 6) is 4.90. The monoisotopic (exact) mass is 154 g/mol. The van der Waals surface area contributed by atoms with Crippen molar-refractivity contribution in [3.63, 3.8) is 0 Å². The Morgan fingerprint density at radius 2 is 2.45 bits per heavy atom. The maximum absolute atomic E-state index is 10.8. The first kappa shape index (κ1) is 7.94. The van der Waals surface area contributed by atoms with Crippen LogP contribution in [0.1, 0.15) is 13.3 Å². The van der Waals surface area contributed by atoms with E-state index in [9.17, 15) is 9.90 Å². The molecule has 0 heterocycles. The molecule has 0 aromatic rings. The first-order chi connectivity index (χ1) is 5.06. The van der Waals surface area contributed by atoms with Crippen LogP contribution in [-0.4, -0.2) is 22.2 Å². The fourth-order valence-corrected chi connectivity index (χ4v) is 0.931. The predicted octanol–water partition coefficient (Wildman–Crippen LogP) is -0.419. The maximum atomic E-state index is 10.8. The second kappa shape index (κ2) is 2.47. The van der Waals surface area contributed by atoms with Gasteiger partial charge in [0, 0.05) is 0 Å². The van der Waals surface area contributed by atoms with Crippen LogP contribution >= 0.6 is 0 Å². The van der Waals surface area contributed by atoms with Crippen LogP contribution in [0.3, 0.4) is 0 Å². The number of allylic oxidation sites excluding steroid dienone is 1. The van der Waals surface area contributed by atoms with E-state index in [4.69, 9.17) is 5.84 Å². The SMILES string of the molecule is CC1(O)C=CC(=O)CC1=NN. The average Bonchev–Trinajstić information content (AvgIpc) is 1.94. The number of hydrazone groups is 1. The van der Waals surface area contributed by atoms with Gasteiger partial charge in [-0.15, -0.1) is 0 Å². The first-order valence-electron chi connectivity index (χ1n) is 3.28.